The summed E-state index contributed by atoms with van der Waals surface area (Å²) in [6.45, 7) is 0. The van der Waals surface area contributed by atoms with Gasteiger partial charge in [-0.05, 0) is 25.0 Å². The minimum Gasteiger partial charge on any atom is -0.399 e. The standard InChI is InChI=1S/C14H20F2N2O2S/c1-18(11-6-4-2-3-5-7-11)21(19,20)13-9-10(17)8-12(15)14(13)16/h8-9,11H,2-7,17H2,1H3. The Morgan fingerprint density at radius 1 is 1.14 bits per heavy atom. The van der Waals surface area contributed by atoms with Crippen molar-refractivity contribution >= 4 is 15.7 Å². The number of hydrogen-bond acceptors (Lipinski definition) is 3. The van der Waals surface area contributed by atoms with E-state index in [4.69, 9.17) is 5.73 Å². The number of nitrogens with two attached hydrogens (primary N) is 1. The molecule has 0 unspecified atom stereocenters. The van der Waals surface area contributed by atoms with E-state index in [1.165, 1.54) is 7.05 Å². The Bertz CT molecular complexity index is 612. The molecule has 1 fully saturated rings. The predicted molar refractivity (Wildman–Crippen MR) is 77.2 cm³/mol. The molecule has 1 aliphatic carbocycles. The quantitative estimate of drug-likeness (QED) is 0.688. The van der Waals surface area contributed by atoms with Crippen molar-refractivity contribution in [2.75, 3.05) is 12.8 Å². The summed E-state index contributed by atoms with van der Waals surface area (Å²) < 4.78 is 53.5. The van der Waals surface area contributed by atoms with Crippen molar-refractivity contribution in [1.29, 1.82) is 0 Å². The van der Waals surface area contributed by atoms with Gasteiger partial charge in [0.1, 0.15) is 4.90 Å². The summed E-state index contributed by atoms with van der Waals surface area (Å²) in [6.07, 6.45) is 5.51. The number of nitrogen functional groups attached to an aromatic ring is 1. The molecule has 2 N–H and O–H groups in total. The van der Waals surface area contributed by atoms with Crippen LogP contribution in [0.1, 0.15) is 38.5 Å². The molecule has 0 radical (unpaired) electrons. The number of anilines is 1. The minimum atomic E-state index is -4.09. The third-order valence-electron chi connectivity index (χ3n) is 4.01. The Kier molecular flexibility index (Phi) is 4.83. The van der Waals surface area contributed by atoms with Crippen LogP contribution in [0, 0.1) is 11.6 Å². The highest BCUT2D eigenvalue weighted by Gasteiger charge is 2.32. The number of benzene rings is 1. The van der Waals surface area contributed by atoms with E-state index in [1.807, 2.05) is 0 Å². The first-order valence-corrected chi connectivity index (χ1v) is 8.50. The monoisotopic (exact) mass is 318 g/mol. The Balaban J connectivity index is 2.37. The van der Waals surface area contributed by atoms with Gasteiger partial charge in [0.25, 0.3) is 0 Å². The fraction of sp³-hybridized carbons (Fsp3) is 0.571. The van der Waals surface area contributed by atoms with Crippen LogP contribution in [0.5, 0.6) is 0 Å². The van der Waals surface area contributed by atoms with Gasteiger partial charge in [-0.15, -0.1) is 0 Å². The molecule has 0 atom stereocenters. The molecule has 118 valence electrons. The average Bonchev–Trinajstić information content (AvgIpc) is 2.70. The predicted octanol–water partition coefficient (Wildman–Crippen LogP) is 2.89. The highest BCUT2D eigenvalue weighted by atomic mass is 32.2. The van der Waals surface area contributed by atoms with E-state index >= 15 is 0 Å². The van der Waals surface area contributed by atoms with Crippen molar-refractivity contribution in [3.63, 3.8) is 0 Å². The largest absolute Gasteiger partial charge is 0.399 e. The van der Waals surface area contributed by atoms with Crippen LogP contribution in [0.2, 0.25) is 0 Å². The van der Waals surface area contributed by atoms with Gasteiger partial charge in [0.2, 0.25) is 10.0 Å². The summed E-state index contributed by atoms with van der Waals surface area (Å²) in [4.78, 5) is -0.688. The normalized spacial score (nSPS) is 17.9. The van der Waals surface area contributed by atoms with Crippen LogP contribution in [0.15, 0.2) is 17.0 Å². The molecule has 1 saturated carbocycles. The summed E-state index contributed by atoms with van der Waals surface area (Å²) in [5, 5.41) is 0. The van der Waals surface area contributed by atoms with Crippen molar-refractivity contribution in [2.24, 2.45) is 0 Å². The number of halogens is 2. The van der Waals surface area contributed by atoms with Gasteiger partial charge in [0.15, 0.2) is 11.6 Å². The SMILES string of the molecule is CN(C1CCCCCC1)S(=O)(=O)c1cc(N)cc(F)c1F. The second-order valence-corrected chi connectivity index (χ2v) is 7.45. The number of hydrogen-bond donors (Lipinski definition) is 1. The molecule has 4 nitrogen and oxygen atoms in total. The van der Waals surface area contributed by atoms with Gasteiger partial charge in [0.05, 0.1) is 0 Å². The van der Waals surface area contributed by atoms with Crippen LogP contribution in [0.3, 0.4) is 0 Å². The van der Waals surface area contributed by atoms with Gasteiger partial charge in [-0.2, -0.15) is 4.31 Å². The highest BCUT2D eigenvalue weighted by molar-refractivity contribution is 7.89. The lowest BCUT2D eigenvalue weighted by molar-refractivity contribution is 0.333. The van der Waals surface area contributed by atoms with E-state index in [1.54, 1.807) is 0 Å². The van der Waals surface area contributed by atoms with Crippen LogP contribution in [-0.4, -0.2) is 25.8 Å². The van der Waals surface area contributed by atoms with Gasteiger partial charge >= 0.3 is 0 Å². The zero-order chi connectivity index (χ0) is 15.6. The zero-order valence-corrected chi connectivity index (χ0v) is 12.8. The minimum absolute atomic E-state index is 0.109. The molecule has 21 heavy (non-hydrogen) atoms. The molecule has 0 saturated heterocycles. The Morgan fingerprint density at radius 2 is 1.71 bits per heavy atom. The zero-order valence-electron chi connectivity index (χ0n) is 12.0. The van der Waals surface area contributed by atoms with Gasteiger partial charge in [-0.25, -0.2) is 17.2 Å². The maximum absolute atomic E-state index is 13.8. The molecule has 1 aliphatic rings. The van der Waals surface area contributed by atoms with E-state index in [0.717, 1.165) is 55.0 Å². The Hall–Kier alpha value is -1.21. The molecule has 1 aromatic carbocycles. The van der Waals surface area contributed by atoms with E-state index < -0.39 is 26.6 Å². The van der Waals surface area contributed by atoms with Crippen molar-refractivity contribution in [3.8, 4) is 0 Å². The van der Waals surface area contributed by atoms with Gasteiger partial charge < -0.3 is 5.73 Å². The maximum Gasteiger partial charge on any atom is 0.246 e. The van der Waals surface area contributed by atoms with Crippen molar-refractivity contribution < 1.29 is 17.2 Å². The summed E-state index contributed by atoms with van der Waals surface area (Å²) in [5.74, 6) is -2.62. The molecule has 0 spiro atoms. The summed E-state index contributed by atoms with van der Waals surface area (Å²) >= 11 is 0. The first-order chi connectivity index (χ1) is 9.84. The van der Waals surface area contributed by atoms with Crippen LogP contribution < -0.4 is 5.73 Å². The van der Waals surface area contributed by atoms with Crippen LogP contribution in [0.25, 0.3) is 0 Å². The molecule has 0 amide bonds. The molecular formula is C14H20F2N2O2S. The second kappa shape index (κ2) is 6.27. The van der Waals surface area contributed by atoms with Crippen LogP contribution >= 0.6 is 0 Å². The topological polar surface area (TPSA) is 63.4 Å². The van der Waals surface area contributed by atoms with Gasteiger partial charge in [-0.1, -0.05) is 25.7 Å². The van der Waals surface area contributed by atoms with Crippen molar-refractivity contribution in [2.45, 2.75) is 49.5 Å². The number of sulfonamides is 1. The molecule has 1 aromatic rings. The van der Waals surface area contributed by atoms with Crippen LogP contribution in [0.4, 0.5) is 14.5 Å². The first-order valence-electron chi connectivity index (χ1n) is 7.06. The smallest absolute Gasteiger partial charge is 0.246 e. The number of nitrogens with zero attached hydrogens (tertiary/aromatic N) is 1. The molecule has 7 heteroatoms. The molecule has 2 rings (SSSR count). The third kappa shape index (κ3) is 3.35. The summed E-state index contributed by atoms with van der Waals surface area (Å²) in [5.41, 5.74) is 5.33. The molecule has 0 aromatic heterocycles. The van der Waals surface area contributed by atoms with Crippen molar-refractivity contribution in [1.82, 2.24) is 4.31 Å². The number of rotatable bonds is 3. The fourth-order valence-corrected chi connectivity index (χ4v) is 4.27. The van der Waals surface area contributed by atoms with E-state index in [-0.39, 0.29) is 11.7 Å². The first kappa shape index (κ1) is 16.2. The molecule has 0 heterocycles. The molecule has 0 aliphatic heterocycles. The Morgan fingerprint density at radius 3 is 2.29 bits per heavy atom. The molecular weight excluding hydrogens is 298 g/mol. The van der Waals surface area contributed by atoms with Gasteiger partial charge in [0, 0.05) is 18.8 Å². The highest BCUT2D eigenvalue weighted by Crippen LogP contribution is 2.28. The van der Waals surface area contributed by atoms with Crippen LogP contribution in [-0.2, 0) is 10.0 Å². The Labute approximate surface area is 124 Å². The fourth-order valence-electron chi connectivity index (χ4n) is 2.74. The van der Waals surface area contributed by atoms with E-state index in [9.17, 15) is 17.2 Å². The average molecular weight is 318 g/mol. The van der Waals surface area contributed by atoms with E-state index in [2.05, 4.69) is 0 Å². The van der Waals surface area contributed by atoms with E-state index in [0.29, 0.717) is 0 Å². The lowest BCUT2D eigenvalue weighted by Crippen LogP contribution is -2.37. The summed E-state index contributed by atoms with van der Waals surface area (Å²) in [7, 11) is -2.67. The van der Waals surface area contributed by atoms with Gasteiger partial charge in [-0.3, -0.25) is 0 Å². The maximum atomic E-state index is 13.8. The van der Waals surface area contributed by atoms with Crippen molar-refractivity contribution in [3.05, 3.63) is 23.8 Å². The lowest BCUT2D eigenvalue weighted by Gasteiger charge is -2.26. The second-order valence-electron chi connectivity index (χ2n) is 5.48. The lowest BCUT2D eigenvalue weighted by atomic mass is 10.1. The third-order valence-corrected chi connectivity index (χ3v) is 5.92. The molecule has 0 bridgehead atoms. The summed E-state index contributed by atoms with van der Waals surface area (Å²) in [6, 6.07) is 1.57.